The van der Waals surface area contributed by atoms with Gasteiger partial charge in [-0.2, -0.15) is 0 Å². The molecular formula is C14H17ClN2S. The molecule has 1 N–H and O–H groups in total. The number of thiazole rings is 1. The van der Waals surface area contributed by atoms with Gasteiger partial charge in [-0.05, 0) is 45.4 Å². The number of anilines is 1. The second-order valence-electron chi connectivity index (χ2n) is 4.53. The Morgan fingerprint density at radius 3 is 2.56 bits per heavy atom. The zero-order valence-electron chi connectivity index (χ0n) is 11.0. The van der Waals surface area contributed by atoms with E-state index in [2.05, 4.69) is 23.3 Å². The second kappa shape index (κ2) is 5.29. The van der Waals surface area contributed by atoms with Gasteiger partial charge >= 0.3 is 0 Å². The van der Waals surface area contributed by atoms with Crippen LogP contribution in [0.4, 0.5) is 5.69 Å². The Morgan fingerprint density at radius 1 is 1.28 bits per heavy atom. The fourth-order valence-corrected chi connectivity index (χ4v) is 3.20. The van der Waals surface area contributed by atoms with Gasteiger partial charge in [0.1, 0.15) is 0 Å². The third-order valence-corrected chi connectivity index (χ3v) is 4.40. The number of benzene rings is 1. The molecule has 1 aromatic heterocycles. The van der Waals surface area contributed by atoms with Crippen LogP contribution < -0.4 is 5.32 Å². The van der Waals surface area contributed by atoms with Gasteiger partial charge in [-0.3, -0.25) is 0 Å². The third-order valence-electron chi connectivity index (χ3n) is 2.83. The van der Waals surface area contributed by atoms with E-state index in [9.17, 15) is 0 Å². The SMILES string of the molecule is Cc1ccc(NC(C)c2sc(C)nc2C)c(Cl)c1. The van der Waals surface area contributed by atoms with Crippen molar-refractivity contribution in [1.29, 1.82) is 0 Å². The lowest BCUT2D eigenvalue weighted by Gasteiger charge is -2.15. The lowest BCUT2D eigenvalue weighted by Crippen LogP contribution is -2.06. The molecule has 1 atom stereocenters. The van der Waals surface area contributed by atoms with E-state index in [1.807, 2.05) is 32.9 Å². The van der Waals surface area contributed by atoms with Crippen molar-refractivity contribution in [1.82, 2.24) is 4.98 Å². The van der Waals surface area contributed by atoms with Gasteiger partial charge in [-0.1, -0.05) is 17.7 Å². The molecular weight excluding hydrogens is 264 g/mol. The summed E-state index contributed by atoms with van der Waals surface area (Å²) in [4.78, 5) is 5.72. The first kappa shape index (κ1) is 13.4. The van der Waals surface area contributed by atoms with Crippen LogP contribution in [0.1, 0.15) is 34.1 Å². The van der Waals surface area contributed by atoms with E-state index >= 15 is 0 Å². The quantitative estimate of drug-likeness (QED) is 0.865. The van der Waals surface area contributed by atoms with Crippen molar-refractivity contribution in [2.45, 2.75) is 33.7 Å². The number of halogens is 1. The monoisotopic (exact) mass is 280 g/mol. The lowest BCUT2D eigenvalue weighted by molar-refractivity contribution is 0.890. The molecule has 0 fully saturated rings. The maximum Gasteiger partial charge on any atom is 0.0900 e. The number of rotatable bonds is 3. The molecule has 0 radical (unpaired) electrons. The molecule has 0 saturated heterocycles. The molecule has 2 rings (SSSR count). The van der Waals surface area contributed by atoms with Crippen LogP contribution in [0.25, 0.3) is 0 Å². The summed E-state index contributed by atoms with van der Waals surface area (Å²) in [7, 11) is 0. The van der Waals surface area contributed by atoms with Crippen molar-refractivity contribution in [2.24, 2.45) is 0 Å². The Labute approximate surface area is 117 Å². The van der Waals surface area contributed by atoms with E-state index in [1.165, 1.54) is 10.4 Å². The first-order valence-corrected chi connectivity index (χ1v) is 7.13. The van der Waals surface area contributed by atoms with Crippen molar-refractivity contribution < 1.29 is 0 Å². The van der Waals surface area contributed by atoms with Crippen molar-refractivity contribution in [3.05, 3.63) is 44.4 Å². The normalized spacial score (nSPS) is 12.5. The summed E-state index contributed by atoms with van der Waals surface area (Å²) >= 11 is 7.97. The minimum Gasteiger partial charge on any atom is -0.376 e. The van der Waals surface area contributed by atoms with Crippen LogP contribution >= 0.6 is 22.9 Å². The summed E-state index contributed by atoms with van der Waals surface area (Å²) in [6, 6.07) is 6.28. The Bertz CT molecular complexity index is 563. The molecule has 1 unspecified atom stereocenters. The molecule has 0 aliphatic rings. The maximum absolute atomic E-state index is 6.23. The van der Waals surface area contributed by atoms with Crippen molar-refractivity contribution >= 4 is 28.6 Å². The van der Waals surface area contributed by atoms with Gasteiger partial charge in [-0.15, -0.1) is 11.3 Å². The van der Waals surface area contributed by atoms with Gasteiger partial charge in [-0.25, -0.2) is 4.98 Å². The fraction of sp³-hybridized carbons (Fsp3) is 0.357. The van der Waals surface area contributed by atoms with Crippen LogP contribution in [0.15, 0.2) is 18.2 Å². The first-order chi connectivity index (χ1) is 8.47. The van der Waals surface area contributed by atoms with Gasteiger partial charge in [0.25, 0.3) is 0 Å². The maximum atomic E-state index is 6.23. The molecule has 96 valence electrons. The highest BCUT2D eigenvalue weighted by Gasteiger charge is 2.13. The molecule has 0 aliphatic carbocycles. The van der Waals surface area contributed by atoms with Crippen LogP contribution in [0.5, 0.6) is 0 Å². The standard InChI is InChI=1S/C14H17ClN2S/c1-8-5-6-13(12(15)7-8)17-10(3)14-9(2)16-11(4)18-14/h5-7,10,17H,1-4H3. The third kappa shape index (κ3) is 2.85. The number of hydrogen-bond donors (Lipinski definition) is 1. The minimum atomic E-state index is 0.219. The molecule has 0 spiro atoms. The predicted molar refractivity (Wildman–Crippen MR) is 79.8 cm³/mol. The molecule has 2 nitrogen and oxygen atoms in total. The highest BCUT2D eigenvalue weighted by Crippen LogP contribution is 2.30. The molecule has 4 heteroatoms. The minimum absolute atomic E-state index is 0.219. The van der Waals surface area contributed by atoms with Crippen molar-refractivity contribution in [2.75, 3.05) is 5.32 Å². The molecule has 0 bridgehead atoms. The molecule has 2 aromatic rings. The zero-order chi connectivity index (χ0) is 13.3. The van der Waals surface area contributed by atoms with E-state index in [-0.39, 0.29) is 6.04 Å². The Morgan fingerprint density at radius 2 is 2.00 bits per heavy atom. The van der Waals surface area contributed by atoms with E-state index in [0.717, 1.165) is 21.4 Å². The summed E-state index contributed by atoms with van der Waals surface area (Å²) in [5, 5.41) is 5.31. The van der Waals surface area contributed by atoms with Crippen LogP contribution in [-0.2, 0) is 0 Å². The molecule has 18 heavy (non-hydrogen) atoms. The number of aryl methyl sites for hydroxylation is 3. The van der Waals surface area contributed by atoms with Crippen molar-refractivity contribution in [3.8, 4) is 0 Å². The number of aromatic nitrogens is 1. The number of nitrogens with one attached hydrogen (secondary N) is 1. The van der Waals surface area contributed by atoms with E-state index < -0.39 is 0 Å². The lowest BCUT2D eigenvalue weighted by atomic mass is 10.2. The van der Waals surface area contributed by atoms with Gasteiger partial charge in [0.15, 0.2) is 0 Å². The van der Waals surface area contributed by atoms with Crippen LogP contribution in [0.2, 0.25) is 5.02 Å². The number of nitrogens with zero attached hydrogens (tertiary/aromatic N) is 1. The summed E-state index contributed by atoms with van der Waals surface area (Å²) in [5.41, 5.74) is 3.24. The van der Waals surface area contributed by atoms with E-state index in [1.54, 1.807) is 11.3 Å². The largest absolute Gasteiger partial charge is 0.376 e. The highest BCUT2D eigenvalue weighted by molar-refractivity contribution is 7.11. The Kier molecular flexibility index (Phi) is 3.93. The van der Waals surface area contributed by atoms with E-state index in [4.69, 9.17) is 11.6 Å². The first-order valence-electron chi connectivity index (χ1n) is 5.94. The number of hydrogen-bond acceptors (Lipinski definition) is 3. The van der Waals surface area contributed by atoms with Gasteiger partial charge < -0.3 is 5.32 Å². The Hall–Kier alpha value is -1.06. The fourth-order valence-electron chi connectivity index (χ4n) is 1.98. The summed E-state index contributed by atoms with van der Waals surface area (Å²) in [5.74, 6) is 0. The molecule has 0 aliphatic heterocycles. The average molecular weight is 281 g/mol. The van der Waals surface area contributed by atoms with Gasteiger partial charge in [0.05, 0.1) is 27.5 Å². The summed E-state index contributed by atoms with van der Waals surface area (Å²) in [6.45, 7) is 8.26. The molecule has 0 amide bonds. The summed E-state index contributed by atoms with van der Waals surface area (Å²) < 4.78 is 0. The van der Waals surface area contributed by atoms with Crippen LogP contribution in [0.3, 0.4) is 0 Å². The smallest absolute Gasteiger partial charge is 0.0900 e. The van der Waals surface area contributed by atoms with Gasteiger partial charge in [0, 0.05) is 4.88 Å². The van der Waals surface area contributed by atoms with Gasteiger partial charge in [0.2, 0.25) is 0 Å². The van der Waals surface area contributed by atoms with Crippen LogP contribution in [-0.4, -0.2) is 4.98 Å². The van der Waals surface area contributed by atoms with E-state index in [0.29, 0.717) is 0 Å². The average Bonchev–Trinajstić information content (AvgIpc) is 2.62. The topological polar surface area (TPSA) is 24.9 Å². The second-order valence-corrected chi connectivity index (χ2v) is 6.17. The Balaban J connectivity index is 2.21. The zero-order valence-corrected chi connectivity index (χ0v) is 12.6. The van der Waals surface area contributed by atoms with Crippen LogP contribution in [0, 0.1) is 20.8 Å². The van der Waals surface area contributed by atoms with Crippen molar-refractivity contribution in [3.63, 3.8) is 0 Å². The highest BCUT2D eigenvalue weighted by atomic mass is 35.5. The summed E-state index contributed by atoms with van der Waals surface area (Å²) in [6.07, 6.45) is 0. The molecule has 0 saturated carbocycles. The molecule has 1 aromatic carbocycles. The molecule has 1 heterocycles. The predicted octanol–water partition coefficient (Wildman–Crippen LogP) is 4.89.